The quantitative estimate of drug-likeness (QED) is 0.708. The zero-order valence-corrected chi connectivity index (χ0v) is 15.4. The summed E-state index contributed by atoms with van der Waals surface area (Å²) in [6.07, 6.45) is 0.271. The number of benzene rings is 3. The number of ether oxygens (including phenoxy) is 1. The summed E-state index contributed by atoms with van der Waals surface area (Å²) in [6.45, 7) is 0. The summed E-state index contributed by atoms with van der Waals surface area (Å²) in [6, 6.07) is 23.1. The minimum atomic E-state index is -0.523. The largest absolute Gasteiger partial charge is 0.412 e. The number of thioether (sulfide) groups is 1. The van der Waals surface area contributed by atoms with Crippen molar-refractivity contribution in [3.63, 3.8) is 0 Å². The molecule has 4 rings (SSSR count). The standard InChI is InChI=1S/C22H19NO3S/c24-17-13-20(23-22(25)26-18-8-2-1-3-9-18)21(14-17)27-19-11-10-15-6-4-5-7-16(15)12-19/h1-12,20-21H,13-14H2,(H,23,25)/t20-,21?/m1/s1. The predicted molar refractivity (Wildman–Crippen MR) is 107 cm³/mol. The Morgan fingerprint density at radius 1 is 0.926 bits per heavy atom. The van der Waals surface area contributed by atoms with E-state index in [4.69, 9.17) is 4.74 Å². The molecule has 0 bridgehead atoms. The van der Waals surface area contributed by atoms with Crippen LogP contribution in [-0.4, -0.2) is 23.2 Å². The average Bonchev–Trinajstić information content (AvgIpc) is 3.01. The van der Waals surface area contributed by atoms with Gasteiger partial charge in [0.2, 0.25) is 0 Å². The van der Waals surface area contributed by atoms with Crippen molar-refractivity contribution in [2.45, 2.75) is 29.0 Å². The predicted octanol–water partition coefficient (Wildman–Crippen LogP) is 4.82. The summed E-state index contributed by atoms with van der Waals surface area (Å²) in [4.78, 5) is 25.3. The zero-order valence-electron chi connectivity index (χ0n) is 14.6. The summed E-state index contributed by atoms with van der Waals surface area (Å²) in [7, 11) is 0. The van der Waals surface area contributed by atoms with Crippen LogP contribution in [-0.2, 0) is 4.79 Å². The number of nitrogens with one attached hydrogen (secondary N) is 1. The summed E-state index contributed by atoms with van der Waals surface area (Å²) in [5.74, 6) is 0.649. The fourth-order valence-corrected chi connectivity index (χ4v) is 4.58. The topological polar surface area (TPSA) is 55.4 Å². The molecular formula is C22H19NO3S. The number of hydrogen-bond donors (Lipinski definition) is 1. The minimum absolute atomic E-state index is 0.00184. The van der Waals surface area contributed by atoms with Crippen LogP contribution in [0.4, 0.5) is 4.79 Å². The van der Waals surface area contributed by atoms with Crippen molar-refractivity contribution >= 4 is 34.4 Å². The molecule has 0 saturated heterocycles. The highest BCUT2D eigenvalue weighted by molar-refractivity contribution is 8.00. The van der Waals surface area contributed by atoms with Crippen LogP contribution in [0, 0.1) is 0 Å². The van der Waals surface area contributed by atoms with Crippen molar-refractivity contribution in [3.8, 4) is 5.75 Å². The number of para-hydroxylation sites is 1. The molecule has 3 aromatic carbocycles. The Hall–Kier alpha value is -2.79. The Kier molecular flexibility index (Phi) is 5.12. The second-order valence-electron chi connectivity index (χ2n) is 6.57. The van der Waals surface area contributed by atoms with Gasteiger partial charge in [-0.15, -0.1) is 11.8 Å². The fraction of sp³-hybridized carbons (Fsp3) is 0.182. The van der Waals surface area contributed by atoms with Crippen LogP contribution in [0.2, 0.25) is 0 Å². The van der Waals surface area contributed by atoms with Crippen molar-refractivity contribution in [2.24, 2.45) is 0 Å². The Morgan fingerprint density at radius 3 is 2.48 bits per heavy atom. The fourth-order valence-electron chi connectivity index (χ4n) is 3.29. The number of carbonyl (C=O) groups excluding carboxylic acids is 2. The molecule has 2 atom stereocenters. The van der Waals surface area contributed by atoms with E-state index in [1.807, 2.05) is 18.2 Å². The number of hydrogen-bond acceptors (Lipinski definition) is 4. The second-order valence-corrected chi connectivity index (χ2v) is 7.88. The summed E-state index contributed by atoms with van der Waals surface area (Å²) in [5.41, 5.74) is 0. The van der Waals surface area contributed by atoms with Crippen LogP contribution in [0.3, 0.4) is 0 Å². The molecule has 0 spiro atoms. The molecule has 0 heterocycles. The Bertz CT molecular complexity index is 973. The maximum atomic E-state index is 12.2. The van der Waals surface area contributed by atoms with Gasteiger partial charge in [-0.3, -0.25) is 4.79 Å². The highest BCUT2D eigenvalue weighted by atomic mass is 32.2. The lowest BCUT2D eigenvalue weighted by atomic mass is 10.1. The first-order valence-corrected chi connectivity index (χ1v) is 9.76. The molecule has 0 aromatic heterocycles. The zero-order chi connectivity index (χ0) is 18.6. The molecule has 1 N–H and O–H groups in total. The number of rotatable bonds is 4. The molecule has 1 saturated carbocycles. The molecule has 136 valence electrons. The first-order valence-electron chi connectivity index (χ1n) is 8.88. The lowest BCUT2D eigenvalue weighted by Crippen LogP contribution is -2.40. The lowest BCUT2D eigenvalue weighted by molar-refractivity contribution is -0.117. The van der Waals surface area contributed by atoms with Gasteiger partial charge in [-0.2, -0.15) is 0 Å². The van der Waals surface area contributed by atoms with E-state index in [0.29, 0.717) is 18.6 Å². The molecule has 3 aromatic rings. The van der Waals surface area contributed by atoms with E-state index in [-0.39, 0.29) is 17.1 Å². The lowest BCUT2D eigenvalue weighted by Gasteiger charge is -2.19. The van der Waals surface area contributed by atoms with Gasteiger partial charge < -0.3 is 10.1 Å². The van der Waals surface area contributed by atoms with E-state index < -0.39 is 6.09 Å². The highest BCUT2D eigenvalue weighted by Crippen LogP contribution is 2.35. The van der Waals surface area contributed by atoms with Crippen molar-refractivity contribution in [1.29, 1.82) is 0 Å². The van der Waals surface area contributed by atoms with E-state index in [1.165, 1.54) is 10.8 Å². The van der Waals surface area contributed by atoms with Crippen LogP contribution in [0.25, 0.3) is 10.8 Å². The van der Waals surface area contributed by atoms with Gasteiger partial charge in [0.05, 0.1) is 6.04 Å². The third-order valence-corrected chi connectivity index (χ3v) is 5.91. The van der Waals surface area contributed by atoms with Crippen LogP contribution in [0.15, 0.2) is 77.7 Å². The van der Waals surface area contributed by atoms with Gasteiger partial charge in [0.15, 0.2) is 0 Å². The van der Waals surface area contributed by atoms with Gasteiger partial charge in [-0.25, -0.2) is 4.79 Å². The van der Waals surface area contributed by atoms with E-state index in [2.05, 4.69) is 35.6 Å². The number of ketones is 1. The molecule has 1 unspecified atom stereocenters. The summed E-state index contributed by atoms with van der Waals surface area (Å²) >= 11 is 1.64. The van der Waals surface area contributed by atoms with Gasteiger partial charge in [-0.1, -0.05) is 48.5 Å². The molecule has 1 aliphatic rings. The van der Waals surface area contributed by atoms with E-state index in [1.54, 1.807) is 36.0 Å². The van der Waals surface area contributed by atoms with Crippen molar-refractivity contribution < 1.29 is 14.3 Å². The number of amides is 1. The maximum Gasteiger partial charge on any atom is 0.412 e. The van der Waals surface area contributed by atoms with Gasteiger partial charge in [0, 0.05) is 23.0 Å². The number of carbonyl (C=O) groups is 2. The van der Waals surface area contributed by atoms with Crippen LogP contribution >= 0.6 is 11.8 Å². The van der Waals surface area contributed by atoms with E-state index in [0.717, 1.165) is 4.90 Å². The third-order valence-electron chi connectivity index (χ3n) is 4.59. The SMILES string of the molecule is O=C1CC(Sc2ccc3ccccc3c2)[C@H](NC(=O)Oc2ccccc2)C1. The molecule has 4 nitrogen and oxygen atoms in total. The Labute approximate surface area is 161 Å². The smallest absolute Gasteiger partial charge is 0.410 e. The number of Topliss-reactive ketones (excluding diaryl/α,β-unsaturated/α-hetero) is 1. The first-order chi connectivity index (χ1) is 13.2. The first kappa shape index (κ1) is 17.6. The second kappa shape index (κ2) is 7.84. The average molecular weight is 377 g/mol. The maximum absolute atomic E-state index is 12.2. The summed E-state index contributed by atoms with van der Waals surface area (Å²) in [5, 5.41) is 5.22. The Morgan fingerprint density at radius 2 is 1.67 bits per heavy atom. The van der Waals surface area contributed by atoms with E-state index >= 15 is 0 Å². The molecule has 0 radical (unpaired) electrons. The molecule has 1 aliphatic carbocycles. The van der Waals surface area contributed by atoms with Gasteiger partial charge in [-0.05, 0) is 35.0 Å². The monoisotopic (exact) mass is 377 g/mol. The Balaban J connectivity index is 1.44. The van der Waals surface area contributed by atoms with Gasteiger partial charge in [0.25, 0.3) is 0 Å². The molecule has 5 heteroatoms. The molecule has 0 aliphatic heterocycles. The van der Waals surface area contributed by atoms with Gasteiger partial charge >= 0.3 is 6.09 Å². The van der Waals surface area contributed by atoms with Gasteiger partial charge in [0.1, 0.15) is 11.5 Å². The molecule has 1 fully saturated rings. The summed E-state index contributed by atoms with van der Waals surface area (Å²) < 4.78 is 5.30. The molecule has 27 heavy (non-hydrogen) atoms. The van der Waals surface area contributed by atoms with Crippen LogP contribution in [0.5, 0.6) is 5.75 Å². The van der Waals surface area contributed by atoms with Crippen LogP contribution in [0.1, 0.15) is 12.8 Å². The van der Waals surface area contributed by atoms with Crippen molar-refractivity contribution in [3.05, 3.63) is 72.8 Å². The van der Waals surface area contributed by atoms with Crippen molar-refractivity contribution in [1.82, 2.24) is 5.32 Å². The molecule has 1 amide bonds. The minimum Gasteiger partial charge on any atom is -0.410 e. The van der Waals surface area contributed by atoms with Crippen molar-refractivity contribution in [2.75, 3.05) is 0 Å². The van der Waals surface area contributed by atoms with Crippen LogP contribution < -0.4 is 10.1 Å². The third kappa shape index (κ3) is 4.31. The van der Waals surface area contributed by atoms with E-state index in [9.17, 15) is 9.59 Å². The normalized spacial score (nSPS) is 19.2. The number of fused-ring (bicyclic) bond motifs is 1. The molecular weight excluding hydrogens is 358 g/mol. The highest BCUT2D eigenvalue weighted by Gasteiger charge is 2.35.